The molecule has 1 saturated heterocycles. The van der Waals surface area contributed by atoms with Gasteiger partial charge in [0, 0.05) is 41.7 Å². The van der Waals surface area contributed by atoms with Gasteiger partial charge in [0.05, 0.1) is 23.9 Å². The smallest absolute Gasteiger partial charge is 0.303 e. The van der Waals surface area contributed by atoms with Gasteiger partial charge < -0.3 is 24.4 Å². The van der Waals surface area contributed by atoms with E-state index in [1.54, 1.807) is 20.8 Å². The largest absolute Gasteiger partial charge is 0.483 e. The average molecular weight is 531 g/mol. The standard InChI is InChI=1S/C30H42O8/c1-9-15(2)26(36-17(4)31)16(3)18-12-20(32)19-13-21-29(7,38-27(19)25(18)34)11-10-23-30(21,8)22(33)14-24(37-23)28(5,6)35/h9,12,16,21-24,26,33,35H,10-11,13-14H2,1-8H3/b15-9+/t16?,21-,22-,23+,24+,26?,29+,30-/m0/s1. The lowest BCUT2D eigenvalue weighted by atomic mass is 9.52. The van der Waals surface area contributed by atoms with Gasteiger partial charge in [0.1, 0.15) is 11.7 Å². The van der Waals surface area contributed by atoms with Crippen molar-refractivity contribution in [2.24, 2.45) is 17.3 Å². The van der Waals surface area contributed by atoms with E-state index in [9.17, 15) is 24.6 Å². The van der Waals surface area contributed by atoms with E-state index in [1.807, 2.05) is 33.8 Å². The normalized spacial score (nSPS) is 37.3. The Kier molecular flexibility index (Phi) is 7.34. The Balaban J connectivity index is 1.66. The third-order valence-corrected chi connectivity index (χ3v) is 9.57. The highest BCUT2D eigenvalue weighted by molar-refractivity contribution is 6.22. The number of aliphatic hydroxyl groups is 2. The number of rotatable bonds is 5. The molecule has 2 heterocycles. The van der Waals surface area contributed by atoms with Gasteiger partial charge in [-0.1, -0.05) is 19.9 Å². The van der Waals surface area contributed by atoms with Gasteiger partial charge in [0.25, 0.3) is 0 Å². The summed E-state index contributed by atoms with van der Waals surface area (Å²) in [6.45, 7) is 14.0. The van der Waals surface area contributed by atoms with Crippen LogP contribution >= 0.6 is 0 Å². The third kappa shape index (κ3) is 4.58. The number of aliphatic hydroxyl groups excluding tert-OH is 1. The van der Waals surface area contributed by atoms with Crippen LogP contribution in [0, 0.1) is 17.3 Å². The maximum atomic E-state index is 13.8. The van der Waals surface area contributed by atoms with Crippen LogP contribution in [-0.2, 0) is 28.6 Å². The molecule has 2 aliphatic heterocycles. The first kappa shape index (κ1) is 28.7. The number of carbonyl (C=O) groups is 3. The fourth-order valence-electron chi connectivity index (χ4n) is 7.02. The number of Topliss-reactive ketones (excluding diaryl/α,β-unsaturated/α-hetero) is 1. The zero-order valence-electron chi connectivity index (χ0n) is 23.8. The second-order valence-corrected chi connectivity index (χ2v) is 12.5. The molecule has 0 aromatic rings. The van der Waals surface area contributed by atoms with Gasteiger partial charge in [-0.15, -0.1) is 0 Å². The number of ketones is 2. The number of ether oxygens (including phenoxy) is 3. The van der Waals surface area contributed by atoms with E-state index in [-0.39, 0.29) is 47.8 Å². The SMILES string of the molecule is C/C=C(\C)C(OC(C)=O)C(C)C1=CC(=O)C2=C(O[C@]3(C)CC[C@H]4O[C@@H](C(C)(C)O)C[C@H](O)[C@]4(C)[C@H]3C2)C1=O. The molecule has 1 saturated carbocycles. The van der Waals surface area contributed by atoms with Crippen LogP contribution in [0.5, 0.6) is 0 Å². The summed E-state index contributed by atoms with van der Waals surface area (Å²) >= 11 is 0. The number of allylic oxidation sites excluding steroid dienone is 4. The molecule has 2 fully saturated rings. The van der Waals surface area contributed by atoms with Gasteiger partial charge in [-0.3, -0.25) is 14.4 Å². The van der Waals surface area contributed by atoms with Crippen molar-refractivity contribution >= 4 is 17.5 Å². The molecule has 8 nitrogen and oxygen atoms in total. The predicted octanol–water partition coefficient (Wildman–Crippen LogP) is 3.74. The average Bonchev–Trinajstić information content (AvgIpc) is 2.83. The van der Waals surface area contributed by atoms with Gasteiger partial charge in [-0.2, -0.15) is 0 Å². The summed E-state index contributed by atoms with van der Waals surface area (Å²) < 4.78 is 18.4. The highest BCUT2D eigenvalue weighted by Crippen LogP contribution is 2.59. The van der Waals surface area contributed by atoms with Crippen molar-refractivity contribution in [2.45, 2.75) is 117 Å². The lowest BCUT2D eigenvalue weighted by molar-refractivity contribution is -0.279. The molecule has 0 aromatic heterocycles. The van der Waals surface area contributed by atoms with E-state index >= 15 is 0 Å². The summed E-state index contributed by atoms with van der Waals surface area (Å²) in [5, 5.41) is 22.0. The second kappa shape index (κ2) is 9.72. The topological polar surface area (TPSA) is 119 Å². The molecule has 0 spiro atoms. The second-order valence-electron chi connectivity index (χ2n) is 12.5. The van der Waals surface area contributed by atoms with E-state index < -0.39 is 46.8 Å². The maximum Gasteiger partial charge on any atom is 0.303 e. The van der Waals surface area contributed by atoms with Crippen LogP contribution in [0.2, 0.25) is 0 Å². The molecule has 38 heavy (non-hydrogen) atoms. The molecule has 0 radical (unpaired) electrons. The molecule has 4 aliphatic rings. The van der Waals surface area contributed by atoms with Crippen LogP contribution in [0.3, 0.4) is 0 Å². The Hall–Kier alpha value is -2.29. The summed E-state index contributed by atoms with van der Waals surface area (Å²) in [6, 6.07) is 0. The molecule has 8 atom stereocenters. The predicted molar refractivity (Wildman–Crippen MR) is 140 cm³/mol. The van der Waals surface area contributed by atoms with Crippen LogP contribution in [0.25, 0.3) is 0 Å². The van der Waals surface area contributed by atoms with E-state index in [0.717, 1.165) is 5.57 Å². The van der Waals surface area contributed by atoms with E-state index in [4.69, 9.17) is 14.2 Å². The zero-order valence-corrected chi connectivity index (χ0v) is 23.8. The van der Waals surface area contributed by atoms with Crippen molar-refractivity contribution < 1.29 is 38.8 Å². The van der Waals surface area contributed by atoms with Gasteiger partial charge in [0.15, 0.2) is 11.5 Å². The van der Waals surface area contributed by atoms with Crippen LogP contribution in [0.15, 0.2) is 34.6 Å². The third-order valence-electron chi connectivity index (χ3n) is 9.57. The van der Waals surface area contributed by atoms with Crippen LogP contribution < -0.4 is 0 Å². The first-order chi connectivity index (χ1) is 17.5. The Morgan fingerprint density at radius 2 is 1.92 bits per heavy atom. The number of hydrogen-bond acceptors (Lipinski definition) is 8. The monoisotopic (exact) mass is 530 g/mol. The van der Waals surface area contributed by atoms with Crippen LogP contribution in [-0.4, -0.2) is 63.4 Å². The van der Waals surface area contributed by atoms with E-state index in [1.165, 1.54) is 13.0 Å². The number of carbonyl (C=O) groups excluding carboxylic acids is 3. The Bertz CT molecular complexity index is 1120. The fraction of sp³-hybridized carbons (Fsp3) is 0.700. The van der Waals surface area contributed by atoms with Crippen molar-refractivity contribution in [3.05, 3.63) is 34.6 Å². The summed E-state index contributed by atoms with van der Waals surface area (Å²) in [7, 11) is 0. The quantitative estimate of drug-likeness (QED) is 0.314. The molecule has 4 rings (SSSR count). The lowest BCUT2D eigenvalue weighted by Gasteiger charge is -2.62. The highest BCUT2D eigenvalue weighted by Gasteiger charge is 2.64. The van der Waals surface area contributed by atoms with Crippen molar-refractivity contribution in [3.8, 4) is 0 Å². The first-order valence-electron chi connectivity index (χ1n) is 13.6. The highest BCUT2D eigenvalue weighted by atomic mass is 16.5. The summed E-state index contributed by atoms with van der Waals surface area (Å²) in [4.78, 5) is 39.0. The summed E-state index contributed by atoms with van der Waals surface area (Å²) in [5.74, 6) is -1.87. The Morgan fingerprint density at radius 1 is 1.26 bits per heavy atom. The first-order valence-corrected chi connectivity index (χ1v) is 13.6. The molecule has 2 aliphatic carbocycles. The molecule has 210 valence electrons. The molecular formula is C30H42O8. The molecule has 2 N–H and O–H groups in total. The van der Waals surface area contributed by atoms with Crippen LogP contribution in [0.4, 0.5) is 0 Å². The summed E-state index contributed by atoms with van der Waals surface area (Å²) in [5.41, 5.74) is -1.24. The molecular weight excluding hydrogens is 488 g/mol. The number of fused-ring (bicyclic) bond motifs is 3. The molecule has 0 bridgehead atoms. The lowest BCUT2D eigenvalue weighted by Crippen LogP contribution is -2.67. The van der Waals surface area contributed by atoms with E-state index in [0.29, 0.717) is 18.4 Å². The molecule has 0 aromatic carbocycles. The van der Waals surface area contributed by atoms with Crippen molar-refractivity contribution in [3.63, 3.8) is 0 Å². The minimum absolute atomic E-state index is 0.0699. The maximum absolute atomic E-state index is 13.8. The van der Waals surface area contributed by atoms with Gasteiger partial charge in [-0.25, -0.2) is 0 Å². The minimum Gasteiger partial charge on any atom is -0.483 e. The minimum atomic E-state index is -1.10. The van der Waals surface area contributed by atoms with Crippen molar-refractivity contribution in [1.82, 2.24) is 0 Å². The Labute approximate surface area is 225 Å². The number of esters is 1. The Morgan fingerprint density at radius 3 is 2.50 bits per heavy atom. The van der Waals surface area contributed by atoms with Gasteiger partial charge in [-0.05, 0) is 65.5 Å². The van der Waals surface area contributed by atoms with Crippen LogP contribution in [0.1, 0.15) is 81.1 Å². The molecule has 0 amide bonds. The van der Waals surface area contributed by atoms with Gasteiger partial charge >= 0.3 is 5.97 Å². The summed E-state index contributed by atoms with van der Waals surface area (Å²) in [6.07, 6.45) is 2.63. The fourth-order valence-corrected chi connectivity index (χ4v) is 7.02. The van der Waals surface area contributed by atoms with Crippen molar-refractivity contribution in [1.29, 1.82) is 0 Å². The van der Waals surface area contributed by atoms with E-state index in [2.05, 4.69) is 0 Å². The molecule has 8 heteroatoms. The molecule has 2 unspecified atom stereocenters. The number of hydrogen-bond donors (Lipinski definition) is 2. The zero-order chi connectivity index (χ0) is 28.4. The van der Waals surface area contributed by atoms with Crippen molar-refractivity contribution in [2.75, 3.05) is 0 Å². The van der Waals surface area contributed by atoms with Gasteiger partial charge in [0.2, 0.25) is 5.78 Å².